The fourth-order valence-corrected chi connectivity index (χ4v) is 17.8. The summed E-state index contributed by atoms with van der Waals surface area (Å²) in [7, 11) is -2.25. The van der Waals surface area contributed by atoms with Gasteiger partial charge >= 0.3 is 11.9 Å². The minimum atomic E-state index is -1.13. The Kier molecular flexibility index (Phi) is 57.3. The van der Waals surface area contributed by atoms with Gasteiger partial charge in [-0.15, -0.1) is 0 Å². The second-order valence-corrected chi connectivity index (χ2v) is 32.8. The number of carbonyl (C=O) groups excluding carboxylic acids is 4. The minimum Gasteiger partial charge on any atom is -0.461 e. The smallest absolute Gasteiger partial charge is 0.306 e. The number of ether oxygens (including phenoxy) is 2. The summed E-state index contributed by atoms with van der Waals surface area (Å²) in [5, 5.41) is 0. The Labute approximate surface area is 617 Å². The van der Waals surface area contributed by atoms with E-state index in [1.807, 2.05) is 0 Å². The van der Waals surface area contributed by atoms with E-state index in [-0.39, 0.29) is 60.8 Å². The van der Waals surface area contributed by atoms with Crippen LogP contribution in [0, 0.1) is 13.1 Å². The number of Topliss-reactive ketones (excluding diaryl/α,β-unsaturated/α-hetero) is 2. The molecule has 0 aliphatic carbocycles. The van der Waals surface area contributed by atoms with Crippen molar-refractivity contribution in [3.63, 3.8) is 0 Å². The lowest BCUT2D eigenvalue weighted by Crippen LogP contribution is -2.35. The summed E-state index contributed by atoms with van der Waals surface area (Å²) in [6.07, 6.45) is 36.4. The van der Waals surface area contributed by atoms with E-state index in [1.165, 1.54) is 168 Å². The zero-order valence-corrected chi connectivity index (χ0v) is 69.4. The van der Waals surface area contributed by atoms with Gasteiger partial charge in [0.1, 0.15) is 37.0 Å². The lowest BCUT2D eigenvalue weighted by molar-refractivity contribution is -0.150. The van der Waals surface area contributed by atoms with Gasteiger partial charge in [0.05, 0.1) is 25.0 Å². The van der Waals surface area contributed by atoms with Crippen molar-refractivity contribution < 1.29 is 46.7 Å². The molecule has 4 heterocycles. The summed E-state index contributed by atoms with van der Waals surface area (Å²) in [6, 6.07) is 3.77. The molecule has 0 saturated carbocycles. The number of hydrogen-bond donors (Lipinski definition) is 0. The Hall–Kier alpha value is -2.28. The van der Waals surface area contributed by atoms with Gasteiger partial charge in [0.2, 0.25) is 13.1 Å². The van der Waals surface area contributed by atoms with E-state index in [1.54, 1.807) is 0 Å². The third-order valence-corrected chi connectivity index (χ3v) is 24.1. The molecule has 4 saturated heterocycles. The van der Waals surface area contributed by atoms with Crippen molar-refractivity contribution in [3.05, 3.63) is 22.8 Å². The van der Waals surface area contributed by atoms with Crippen molar-refractivity contribution in [1.29, 1.82) is 0 Å². The highest BCUT2D eigenvalue weighted by molar-refractivity contribution is 7.44. The maximum absolute atomic E-state index is 11.7. The van der Waals surface area contributed by atoms with Crippen molar-refractivity contribution in [2.24, 2.45) is 0 Å². The van der Waals surface area contributed by atoms with Gasteiger partial charge in [-0.05, 0) is 160 Å². The van der Waals surface area contributed by atoms with E-state index < -0.39 is 17.1 Å². The number of hydrogen-bond acceptors (Lipinski definition) is 16. The Morgan fingerprint density at radius 3 is 0.870 bits per heavy atom. The molecule has 100 heavy (non-hydrogen) atoms. The zero-order chi connectivity index (χ0) is 74.6. The van der Waals surface area contributed by atoms with Crippen LogP contribution in [0.4, 0.5) is 0 Å². The van der Waals surface area contributed by atoms with Gasteiger partial charge in [0, 0.05) is 100 Å². The molecule has 2 unspecified atom stereocenters. The Bertz CT molecular complexity index is 1990. The van der Waals surface area contributed by atoms with E-state index in [9.17, 15) is 19.2 Å². The Balaban J connectivity index is 0.000000671. The molecule has 0 bridgehead atoms. The fourth-order valence-electron chi connectivity index (χ4n) is 14.4. The molecule has 0 aromatic rings. The normalized spacial score (nSPS) is 21.8. The minimum absolute atomic E-state index is 0.0139. The van der Waals surface area contributed by atoms with Gasteiger partial charge in [-0.2, -0.15) is 0 Å². The molecule has 18 nitrogen and oxygen atoms in total. The van der Waals surface area contributed by atoms with E-state index in [0.29, 0.717) is 87.5 Å². The first kappa shape index (κ1) is 95.7. The van der Waals surface area contributed by atoms with E-state index in [0.717, 1.165) is 77.8 Å². The third kappa shape index (κ3) is 42.8. The standard InChI is InChI=1S/2C22H44N3O2P.2C18H33NO3/c2*1-8-10-11-12-13-15-24-18-22(17-21(24)9-2)27-28(26-16-14-23-7)25(19(3)4)20(5)6;2*1-4-6-7-8-9-12-19-14-17(13-16(19)5-2)22-18(21)11-10-15(3)20/h2*19-22H,8-18H2,1-6H3;2*16-17H,4-14H2,1-3H3/t21-,22+,28?;21-,22-,28?;16-,17+;16-,17-/m1111/s1. The summed E-state index contributed by atoms with van der Waals surface area (Å²) in [6.45, 7) is 62.7. The molecule has 0 aromatic carbocycles. The summed E-state index contributed by atoms with van der Waals surface area (Å²) in [5.74, 6) is -0.355. The second kappa shape index (κ2) is 59.8. The van der Waals surface area contributed by atoms with E-state index >= 15 is 0 Å². The van der Waals surface area contributed by atoms with Crippen molar-refractivity contribution in [2.45, 2.75) is 403 Å². The average Bonchev–Trinajstić information content (AvgIpc) is 1.63. The van der Waals surface area contributed by atoms with Gasteiger partial charge in [0.15, 0.2) is 0 Å². The lowest BCUT2D eigenvalue weighted by atomic mass is 10.1. The summed E-state index contributed by atoms with van der Waals surface area (Å²) in [5.41, 5.74) is 0. The van der Waals surface area contributed by atoms with Gasteiger partial charge in [-0.1, -0.05) is 158 Å². The van der Waals surface area contributed by atoms with Crippen LogP contribution in [0.3, 0.4) is 0 Å². The van der Waals surface area contributed by atoms with Gasteiger partial charge < -0.3 is 46.8 Å². The number of likely N-dealkylation sites (tertiary alicyclic amines) is 4. The van der Waals surface area contributed by atoms with Crippen LogP contribution in [0.5, 0.6) is 0 Å². The molecule has 4 rings (SSSR count). The number of rotatable bonds is 52. The second-order valence-electron chi connectivity index (χ2n) is 30.0. The number of carbonyl (C=O) groups is 4. The zero-order valence-electron chi connectivity index (χ0n) is 67.6. The molecular formula is C80H154N8O10P2. The summed E-state index contributed by atoms with van der Waals surface area (Å²) < 4.78 is 41.1. The van der Waals surface area contributed by atoms with E-state index in [4.69, 9.17) is 40.7 Å². The number of ketones is 2. The highest BCUT2D eigenvalue weighted by atomic mass is 31.2. The molecule has 0 radical (unpaired) electrons. The summed E-state index contributed by atoms with van der Waals surface area (Å²) in [4.78, 5) is 62.4. The molecule has 0 N–H and O–H groups in total. The predicted octanol–water partition coefficient (Wildman–Crippen LogP) is 19.7. The molecule has 0 aromatic heterocycles. The topological polar surface area (TPSA) is 152 Å². The van der Waals surface area contributed by atoms with Crippen LogP contribution in [0.15, 0.2) is 0 Å². The fraction of sp³-hybridized carbons (Fsp3) is 0.925. The lowest BCUT2D eigenvalue weighted by Gasteiger charge is -2.36. The largest absolute Gasteiger partial charge is 0.461 e. The van der Waals surface area contributed by atoms with Crippen molar-refractivity contribution >= 4 is 40.6 Å². The molecule has 0 spiro atoms. The molecule has 4 aliphatic heterocycles. The summed E-state index contributed by atoms with van der Waals surface area (Å²) >= 11 is 0. The highest BCUT2D eigenvalue weighted by Crippen LogP contribution is 2.50. The Morgan fingerprint density at radius 1 is 0.390 bits per heavy atom. The SMILES string of the molecule is CCCCCCCN1C[C@@H](OC(=O)CCC(C)=O)C[C@H]1CC.CCCCCCCN1C[C@H](OC(=O)CCC(C)=O)C[C@H]1CC.[C-]#[N+]CCOP(O[C@@H]1C[C@@H](CC)N(CCCCCCC)C1)N(C(C)C)C(C)C.[C-]#[N+]CCOP(O[C@H]1C[C@@H](CC)N(CCCCCCC)C1)N(C(C)C)C(C)C. The maximum atomic E-state index is 11.7. The van der Waals surface area contributed by atoms with E-state index in [2.05, 4.69) is 149 Å². The number of nitrogens with zero attached hydrogens (tertiary/aromatic N) is 8. The molecule has 10 atom stereocenters. The van der Waals surface area contributed by atoms with Gasteiger partial charge in [0.25, 0.3) is 17.1 Å². The van der Waals surface area contributed by atoms with Crippen LogP contribution in [-0.4, -0.2) is 204 Å². The first-order valence-corrected chi connectivity index (χ1v) is 43.0. The van der Waals surface area contributed by atoms with Gasteiger partial charge in [-0.3, -0.25) is 29.2 Å². The molecule has 20 heteroatoms. The number of esters is 2. The molecular weight excluding hydrogens is 1290 g/mol. The van der Waals surface area contributed by atoms with Crippen LogP contribution in [0.2, 0.25) is 0 Å². The molecule has 4 fully saturated rings. The third-order valence-electron chi connectivity index (χ3n) is 19.8. The molecule has 4 aliphatic rings. The van der Waals surface area contributed by atoms with Crippen molar-refractivity contribution in [2.75, 3.05) is 78.7 Å². The highest BCUT2D eigenvalue weighted by Gasteiger charge is 2.39. The quantitative estimate of drug-likeness (QED) is 0.0245. The van der Waals surface area contributed by atoms with Crippen LogP contribution >= 0.6 is 17.1 Å². The predicted molar refractivity (Wildman–Crippen MR) is 418 cm³/mol. The van der Waals surface area contributed by atoms with Crippen molar-refractivity contribution in [3.8, 4) is 0 Å². The van der Waals surface area contributed by atoms with Gasteiger partial charge in [-0.25, -0.2) is 22.5 Å². The van der Waals surface area contributed by atoms with Crippen LogP contribution in [-0.2, 0) is 46.7 Å². The first-order chi connectivity index (χ1) is 48.0. The maximum Gasteiger partial charge on any atom is 0.306 e. The molecule has 584 valence electrons. The first-order valence-electron chi connectivity index (χ1n) is 40.8. The van der Waals surface area contributed by atoms with Crippen LogP contribution in [0.1, 0.15) is 330 Å². The molecule has 0 amide bonds. The van der Waals surface area contributed by atoms with Crippen molar-refractivity contribution in [1.82, 2.24) is 28.9 Å². The average molecular weight is 1450 g/mol. The van der Waals surface area contributed by atoms with Crippen LogP contribution in [0.25, 0.3) is 9.69 Å². The number of unbranched alkanes of at least 4 members (excludes halogenated alkanes) is 16. The Morgan fingerprint density at radius 2 is 0.640 bits per heavy atom. The van der Waals surface area contributed by atoms with Crippen LogP contribution < -0.4 is 0 Å². The monoisotopic (exact) mass is 1450 g/mol.